The van der Waals surface area contributed by atoms with Crippen LogP contribution in [0.1, 0.15) is 39.5 Å². The van der Waals surface area contributed by atoms with E-state index in [-0.39, 0.29) is 5.41 Å². The molecule has 1 rings (SSSR count). The quantitative estimate of drug-likeness (QED) is 0.720. The number of nitrogens with zero attached hydrogens (tertiary/aromatic N) is 2. The molecule has 1 fully saturated rings. The first-order chi connectivity index (χ1) is 8.03. The van der Waals surface area contributed by atoms with Crippen LogP contribution in [0.2, 0.25) is 0 Å². The van der Waals surface area contributed by atoms with Gasteiger partial charge in [0.25, 0.3) is 0 Å². The third-order valence-corrected chi connectivity index (χ3v) is 3.80. The van der Waals surface area contributed by atoms with E-state index in [0.29, 0.717) is 0 Å². The summed E-state index contributed by atoms with van der Waals surface area (Å²) in [5.41, 5.74) is -0.180. The summed E-state index contributed by atoms with van der Waals surface area (Å²) < 4.78 is 0. The molecular formula is C14H27N3. The van der Waals surface area contributed by atoms with Crippen LogP contribution in [-0.2, 0) is 0 Å². The van der Waals surface area contributed by atoms with Crippen molar-refractivity contribution in [3.63, 3.8) is 0 Å². The van der Waals surface area contributed by atoms with Gasteiger partial charge in [0.05, 0.1) is 11.5 Å². The lowest BCUT2D eigenvalue weighted by Crippen LogP contribution is -2.32. The summed E-state index contributed by atoms with van der Waals surface area (Å²) >= 11 is 0. The molecule has 98 valence electrons. The smallest absolute Gasteiger partial charge is 0.0684 e. The van der Waals surface area contributed by atoms with Crippen LogP contribution in [-0.4, -0.2) is 38.1 Å². The molecule has 0 bridgehead atoms. The summed E-state index contributed by atoms with van der Waals surface area (Å²) in [4.78, 5) is 2.42. The Morgan fingerprint density at radius 1 is 1.29 bits per heavy atom. The Bertz CT molecular complexity index is 247. The van der Waals surface area contributed by atoms with Crippen molar-refractivity contribution in [2.24, 2.45) is 11.3 Å². The fraction of sp³-hybridized carbons (Fsp3) is 0.929. The van der Waals surface area contributed by atoms with Crippen molar-refractivity contribution in [3.05, 3.63) is 0 Å². The van der Waals surface area contributed by atoms with Crippen molar-refractivity contribution in [3.8, 4) is 6.07 Å². The van der Waals surface area contributed by atoms with Crippen molar-refractivity contribution >= 4 is 0 Å². The summed E-state index contributed by atoms with van der Waals surface area (Å²) in [6.07, 6.45) is 4.93. The molecule has 0 unspecified atom stereocenters. The second-order valence-electron chi connectivity index (χ2n) is 6.03. The van der Waals surface area contributed by atoms with Gasteiger partial charge >= 0.3 is 0 Å². The van der Waals surface area contributed by atoms with Gasteiger partial charge in [0, 0.05) is 0 Å². The van der Waals surface area contributed by atoms with Crippen LogP contribution in [0.4, 0.5) is 0 Å². The second-order valence-corrected chi connectivity index (χ2v) is 6.03. The van der Waals surface area contributed by atoms with Crippen LogP contribution in [0, 0.1) is 22.7 Å². The zero-order valence-corrected chi connectivity index (χ0v) is 11.6. The van der Waals surface area contributed by atoms with E-state index in [9.17, 15) is 0 Å². The van der Waals surface area contributed by atoms with E-state index in [0.717, 1.165) is 25.4 Å². The maximum absolute atomic E-state index is 8.90. The minimum Gasteiger partial charge on any atom is -0.317 e. The fourth-order valence-corrected chi connectivity index (χ4v) is 2.24. The summed E-state index contributed by atoms with van der Waals surface area (Å²) in [5.74, 6) is 0.905. The second kappa shape index (κ2) is 6.98. The summed E-state index contributed by atoms with van der Waals surface area (Å²) in [6, 6.07) is 2.34. The number of nitriles is 1. The van der Waals surface area contributed by atoms with Crippen molar-refractivity contribution < 1.29 is 0 Å². The molecule has 1 N–H and O–H groups in total. The zero-order chi connectivity index (χ0) is 12.7. The lowest BCUT2D eigenvalue weighted by atomic mass is 9.91. The summed E-state index contributed by atoms with van der Waals surface area (Å²) in [7, 11) is 2.21. The van der Waals surface area contributed by atoms with Crippen LogP contribution >= 0.6 is 0 Å². The predicted molar refractivity (Wildman–Crippen MR) is 71.7 cm³/mol. The first-order valence-electron chi connectivity index (χ1n) is 6.84. The van der Waals surface area contributed by atoms with E-state index in [1.165, 1.54) is 32.4 Å². The van der Waals surface area contributed by atoms with Crippen molar-refractivity contribution in [2.45, 2.75) is 39.5 Å². The number of piperidine rings is 1. The number of likely N-dealkylation sites (tertiary alicyclic amines) is 1. The Kier molecular flexibility index (Phi) is 5.94. The molecule has 0 radical (unpaired) electrons. The molecule has 1 saturated heterocycles. The Labute approximate surface area is 106 Å². The first-order valence-corrected chi connectivity index (χ1v) is 6.84. The van der Waals surface area contributed by atoms with Crippen LogP contribution in [0.5, 0.6) is 0 Å². The average Bonchev–Trinajstić information content (AvgIpc) is 2.31. The van der Waals surface area contributed by atoms with E-state index < -0.39 is 0 Å². The van der Waals surface area contributed by atoms with Gasteiger partial charge in [-0.05, 0) is 78.7 Å². The highest BCUT2D eigenvalue weighted by Gasteiger charge is 2.17. The maximum Gasteiger partial charge on any atom is 0.0684 e. The lowest BCUT2D eigenvalue weighted by molar-refractivity contribution is 0.211. The minimum atomic E-state index is -0.180. The minimum absolute atomic E-state index is 0.180. The van der Waals surface area contributed by atoms with E-state index in [4.69, 9.17) is 5.26 Å². The van der Waals surface area contributed by atoms with E-state index in [1.807, 2.05) is 13.8 Å². The van der Waals surface area contributed by atoms with Gasteiger partial charge in [0.2, 0.25) is 0 Å². The lowest BCUT2D eigenvalue weighted by Gasteiger charge is -2.29. The van der Waals surface area contributed by atoms with Gasteiger partial charge in [-0.1, -0.05) is 0 Å². The van der Waals surface area contributed by atoms with E-state index >= 15 is 0 Å². The predicted octanol–water partition coefficient (Wildman–Crippen LogP) is 2.25. The molecule has 0 aromatic carbocycles. The highest BCUT2D eigenvalue weighted by atomic mass is 15.1. The van der Waals surface area contributed by atoms with Crippen molar-refractivity contribution in [1.82, 2.24) is 10.2 Å². The number of hydrogen-bond donors (Lipinski definition) is 1. The van der Waals surface area contributed by atoms with Crippen molar-refractivity contribution in [1.29, 1.82) is 5.26 Å². The Morgan fingerprint density at radius 3 is 2.53 bits per heavy atom. The molecule has 0 amide bonds. The average molecular weight is 237 g/mol. The standard InChI is InChI=1S/C14H27N3/c1-14(2,12-15)7-9-16-8-4-13-5-10-17(3)11-6-13/h13,16H,4-11H2,1-3H3. The van der Waals surface area contributed by atoms with Crippen LogP contribution in [0.15, 0.2) is 0 Å². The third-order valence-electron chi connectivity index (χ3n) is 3.80. The summed E-state index contributed by atoms with van der Waals surface area (Å²) in [5, 5.41) is 12.4. The van der Waals surface area contributed by atoms with Gasteiger partial charge in [0.1, 0.15) is 0 Å². The highest BCUT2D eigenvalue weighted by Crippen LogP contribution is 2.19. The molecule has 1 aliphatic rings. The molecule has 0 aliphatic carbocycles. The molecule has 1 aliphatic heterocycles. The third kappa shape index (κ3) is 6.05. The molecule has 0 aromatic heterocycles. The maximum atomic E-state index is 8.90. The molecule has 0 saturated carbocycles. The van der Waals surface area contributed by atoms with Crippen LogP contribution < -0.4 is 5.32 Å². The van der Waals surface area contributed by atoms with Crippen LogP contribution in [0.3, 0.4) is 0 Å². The van der Waals surface area contributed by atoms with E-state index in [1.54, 1.807) is 0 Å². The van der Waals surface area contributed by atoms with Gasteiger partial charge in [0.15, 0.2) is 0 Å². The Balaban J connectivity index is 2.00. The topological polar surface area (TPSA) is 39.1 Å². The zero-order valence-electron chi connectivity index (χ0n) is 11.6. The normalized spacial score (nSPS) is 19.2. The van der Waals surface area contributed by atoms with Gasteiger partial charge < -0.3 is 10.2 Å². The highest BCUT2D eigenvalue weighted by molar-refractivity contribution is 4.91. The van der Waals surface area contributed by atoms with Gasteiger partial charge in [-0.15, -0.1) is 0 Å². The molecule has 1 heterocycles. The molecule has 17 heavy (non-hydrogen) atoms. The molecule has 0 spiro atoms. The summed E-state index contributed by atoms with van der Waals surface area (Å²) in [6.45, 7) is 8.60. The molecule has 0 aromatic rings. The molecule has 0 atom stereocenters. The fourth-order valence-electron chi connectivity index (χ4n) is 2.24. The van der Waals surface area contributed by atoms with Crippen molar-refractivity contribution in [2.75, 3.05) is 33.2 Å². The largest absolute Gasteiger partial charge is 0.317 e. The number of rotatable bonds is 6. The van der Waals surface area contributed by atoms with Crippen LogP contribution in [0.25, 0.3) is 0 Å². The number of nitrogens with one attached hydrogen (secondary N) is 1. The Morgan fingerprint density at radius 2 is 1.94 bits per heavy atom. The first kappa shape index (κ1) is 14.5. The number of hydrogen-bond acceptors (Lipinski definition) is 3. The van der Waals surface area contributed by atoms with E-state index in [2.05, 4.69) is 23.3 Å². The Hall–Kier alpha value is -0.590. The van der Waals surface area contributed by atoms with Gasteiger partial charge in [-0.3, -0.25) is 0 Å². The molecule has 3 heteroatoms. The SMILES string of the molecule is CN1CCC(CCNCCC(C)(C)C#N)CC1. The molecule has 3 nitrogen and oxygen atoms in total. The molecular weight excluding hydrogens is 210 g/mol. The van der Waals surface area contributed by atoms with Gasteiger partial charge in [-0.25, -0.2) is 0 Å². The van der Waals surface area contributed by atoms with Gasteiger partial charge in [-0.2, -0.15) is 5.26 Å². The monoisotopic (exact) mass is 237 g/mol.